The van der Waals surface area contributed by atoms with Crippen LogP contribution in [-0.4, -0.2) is 13.5 Å². The number of hydrogen-bond acceptors (Lipinski definition) is 3. The van der Waals surface area contributed by atoms with Crippen molar-refractivity contribution in [1.82, 2.24) is 0 Å². The van der Waals surface area contributed by atoms with E-state index in [0.717, 1.165) is 11.8 Å². The molecule has 0 aromatic heterocycles. The minimum Gasteiger partial charge on any atom is -0.241 e. The molecule has 2 rings (SSSR count). The van der Waals surface area contributed by atoms with Crippen LogP contribution in [0.5, 0.6) is 0 Å². The van der Waals surface area contributed by atoms with E-state index in [0.29, 0.717) is 5.56 Å². The van der Waals surface area contributed by atoms with Crippen LogP contribution in [0.4, 0.5) is 0 Å². The van der Waals surface area contributed by atoms with Gasteiger partial charge in [-0.15, -0.1) is 0 Å². The molecule has 78 valence electrons. The zero-order valence-electron chi connectivity index (χ0n) is 7.94. The summed E-state index contributed by atoms with van der Waals surface area (Å²) in [6.45, 7) is 1.89. The van der Waals surface area contributed by atoms with Gasteiger partial charge in [-0.1, -0.05) is 35.4 Å². The second-order valence-electron chi connectivity index (χ2n) is 3.24. The number of sulfone groups is 1. The predicted molar refractivity (Wildman–Crippen MR) is 60.6 cm³/mol. The van der Waals surface area contributed by atoms with Crippen LogP contribution in [0.25, 0.3) is 0 Å². The lowest BCUT2D eigenvalue weighted by atomic mass is 10.1. The largest absolute Gasteiger partial charge is 0.241 e. The Morgan fingerprint density at radius 2 is 2.07 bits per heavy atom. The number of benzene rings is 1. The summed E-state index contributed by atoms with van der Waals surface area (Å²) in [5.74, 6) is 0. The van der Waals surface area contributed by atoms with E-state index in [1.54, 1.807) is 18.2 Å². The third-order valence-electron chi connectivity index (χ3n) is 2.06. The molecule has 0 bridgehead atoms. The average molecular weight is 242 g/mol. The lowest BCUT2D eigenvalue weighted by Gasteiger charge is -2.02. The maximum absolute atomic E-state index is 11.7. The Kier molecular flexibility index (Phi) is 2.40. The van der Waals surface area contributed by atoms with Crippen molar-refractivity contribution < 1.29 is 8.42 Å². The first kappa shape index (κ1) is 10.4. The Morgan fingerprint density at radius 3 is 2.60 bits per heavy atom. The SMILES string of the molecule is Cc1cccc(C2=NC=C(Cl)S2(=O)=O)c1. The van der Waals surface area contributed by atoms with Crippen LogP contribution in [0.3, 0.4) is 0 Å². The van der Waals surface area contributed by atoms with Crippen molar-refractivity contribution in [2.45, 2.75) is 6.92 Å². The molecule has 0 saturated heterocycles. The van der Waals surface area contributed by atoms with Crippen LogP contribution in [0, 0.1) is 6.92 Å². The number of hydrogen-bond donors (Lipinski definition) is 0. The fraction of sp³-hybridized carbons (Fsp3) is 0.100. The van der Waals surface area contributed by atoms with Crippen molar-refractivity contribution in [2.75, 3.05) is 0 Å². The Bertz CT molecular complexity index is 573. The molecule has 0 aliphatic carbocycles. The van der Waals surface area contributed by atoms with E-state index >= 15 is 0 Å². The van der Waals surface area contributed by atoms with E-state index in [2.05, 4.69) is 4.99 Å². The first-order valence-electron chi connectivity index (χ1n) is 4.27. The van der Waals surface area contributed by atoms with Gasteiger partial charge in [-0.3, -0.25) is 0 Å². The Labute approximate surface area is 93.0 Å². The number of aryl methyl sites for hydroxylation is 1. The molecule has 0 radical (unpaired) electrons. The van der Waals surface area contributed by atoms with E-state index in [1.807, 2.05) is 13.0 Å². The number of rotatable bonds is 1. The highest BCUT2D eigenvalue weighted by atomic mass is 35.5. The fourth-order valence-corrected chi connectivity index (χ4v) is 2.62. The van der Waals surface area contributed by atoms with Gasteiger partial charge in [0.2, 0.25) is 9.84 Å². The van der Waals surface area contributed by atoms with Crippen LogP contribution < -0.4 is 0 Å². The molecule has 1 aromatic carbocycles. The van der Waals surface area contributed by atoms with E-state index in [9.17, 15) is 8.42 Å². The molecule has 1 aliphatic heterocycles. The topological polar surface area (TPSA) is 46.5 Å². The molecular formula is C10H8ClNO2S. The summed E-state index contributed by atoms with van der Waals surface area (Å²) in [5, 5.41) is 0.0243. The summed E-state index contributed by atoms with van der Waals surface area (Å²) in [6.07, 6.45) is 1.16. The molecule has 3 nitrogen and oxygen atoms in total. The quantitative estimate of drug-likeness (QED) is 0.757. The van der Waals surface area contributed by atoms with Crippen LogP contribution >= 0.6 is 11.6 Å². The van der Waals surface area contributed by atoms with Crippen molar-refractivity contribution in [3.8, 4) is 0 Å². The van der Waals surface area contributed by atoms with E-state index in [4.69, 9.17) is 11.6 Å². The minimum absolute atomic E-state index is 0.0243. The lowest BCUT2D eigenvalue weighted by Crippen LogP contribution is -2.12. The zero-order valence-corrected chi connectivity index (χ0v) is 9.51. The van der Waals surface area contributed by atoms with Gasteiger partial charge in [0.15, 0.2) is 9.41 Å². The van der Waals surface area contributed by atoms with Gasteiger partial charge in [0.25, 0.3) is 0 Å². The highest BCUT2D eigenvalue weighted by molar-refractivity contribution is 8.11. The molecule has 15 heavy (non-hydrogen) atoms. The summed E-state index contributed by atoms with van der Waals surface area (Å²) < 4.78 is 23.1. The number of nitrogens with zero attached hydrogens (tertiary/aromatic N) is 1. The predicted octanol–water partition coefficient (Wildman–Crippen LogP) is 2.21. The van der Waals surface area contributed by atoms with Crippen molar-refractivity contribution >= 4 is 26.5 Å². The second kappa shape index (κ2) is 3.47. The van der Waals surface area contributed by atoms with Gasteiger partial charge in [0.05, 0.1) is 6.20 Å². The summed E-state index contributed by atoms with van der Waals surface area (Å²) in [6, 6.07) is 7.14. The maximum atomic E-state index is 11.7. The molecule has 5 heteroatoms. The maximum Gasteiger partial charge on any atom is 0.236 e. The number of halogens is 1. The lowest BCUT2D eigenvalue weighted by molar-refractivity contribution is 0.615. The van der Waals surface area contributed by atoms with E-state index in [1.165, 1.54) is 0 Å². The molecule has 0 unspecified atom stereocenters. The van der Waals surface area contributed by atoms with Crippen molar-refractivity contribution in [3.05, 3.63) is 46.0 Å². The van der Waals surface area contributed by atoms with Gasteiger partial charge in [0.1, 0.15) is 0 Å². The van der Waals surface area contributed by atoms with Gasteiger partial charge < -0.3 is 0 Å². The van der Waals surface area contributed by atoms with Gasteiger partial charge in [0, 0.05) is 5.56 Å². The number of aliphatic imine (C=N–C) groups is 1. The molecule has 1 aromatic rings. The summed E-state index contributed by atoms with van der Waals surface area (Å²) in [5.41, 5.74) is 1.55. The first-order chi connectivity index (χ1) is 7.01. The molecule has 0 atom stereocenters. The Hall–Kier alpha value is -1.13. The molecule has 0 saturated carbocycles. The Morgan fingerprint density at radius 1 is 1.33 bits per heavy atom. The van der Waals surface area contributed by atoms with Gasteiger partial charge in [-0.2, -0.15) is 0 Å². The minimum atomic E-state index is -3.56. The van der Waals surface area contributed by atoms with Crippen LogP contribution in [0.2, 0.25) is 0 Å². The summed E-state index contributed by atoms with van der Waals surface area (Å²) >= 11 is 5.55. The van der Waals surface area contributed by atoms with Crippen molar-refractivity contribution in [3.63, 3.8) is 0 Å². The molecule has 0 amide bonds. The molecule has 0 fully saturated rings. The van der Waals surface area contributed by atoms with Gasteiger partial charge in [-0.25, -0.2) is 13.4 Å². The third kappa shape index (κ3) is 1.70. The van der Waals surface area contributed by atoms with Gasteiger partial charge >= 0.3 is 0 Å². The van der Waals surface area contributed by atoms with Crippen LogP contribution in [0.1, 0.15) is 11.1 Å². The first-order valence-corrected chi connectivity index (χ1v) is 6.13. The highest BCUT2D eigenvalue weighted by Gasteiger charge is 2.29. The smallest absolute Gasteiger partial charge is 0.236 e. The van der Waals surface area contributed by atoms with Crippen LogP contribution in [0.15, 0.2) is 39.8 Å². The molecular weight excluding hydrogens is 234 g/mol. The standard InChI is InChI=1S/C10H8ClNO2S/c1-7-3-2-4-8(5-7)10-12-6-9(11)15(10,13)14/h2-6H,1H3. The normalized spacial score (nSPS) is 18.5. The highest BCUT2D eigenvalue weighted by Crippen LogP contribution is 2.24. The van der Waals surface area contributed by atoms with E-state index < -0.39 is 9.84 Å². The summed E-state index contributed by atoms with van der Waals surface area (Å²) in [4.78, 5) is 3.82. The van der Waals surface area contributed by atoms with Crippen molar-refractivity contribution in [2.24, 2.45) is 4.99 Å². The Balaban J connectivity index is 2.54. The van der Waals surface area contributed by atoms with E-state index in [-0.39, 0.29) is 9.41 Å². The monoisotopic (exact) mass is 241 g/mol. The second-order valence-corrected chi connectivity index (χ2v) is 5.71. The molecule has 0 spiro atoms. The fourth-order valence-electron chi connectivity index (χ4n) is 1.35. The molecule has 0 N–H and O–H groups in total. The van der Waals surface area contributed by atoms with Crippen LogP contribution in [-0.2, 0) is 9.84 Å². The third-order valence-corrected chi connectivity index (χ3v) is 4.24. The van der Waals surface area contributed by atoms with Crippen molar-refractivity contribution in [1.29, 1.82) is 0 Å². The molecule has 1 aliphatic rings. The summed E-state index contributed by atoms with van der Waals surface area (Å²) in [7, 11) is -3.56. The zero-order chi connectivity index (χ0) is 11.1. The van der Waals surface area contributed by atoms with Gasteiger partial charge in [-0.05, 0) is 13.0 Å². The molecule has 1 heterocycles. The average Bonchev–Trinajstić information content (AvgIpc) is 2.42.